The van der Waals surface area contributed by atoms with Crippen molar-refractivity contribution in [2.75, 3.05) is 26.2 Å². The molecule has 3 aromatic rings. The lowest BCUT2D eigenvalue weighted by atomic mass is 10.0. The molecule has 0 aromatic carbocycles. The Kier molecular flexibility index (Phi) is 3.84. The van der Waals surface area contributed by atoms with Crippen LogP contribution in [0.15, 0.2) is 24.8 Å². The van der Waals surface area contributed by atoms with E-state index in [2.05, 4.69) is 19.5 Å². The summed E-state index contributed by atoms with van der Waals surface area (Å²) >= 11 is 0. The highest BCUT2D eigenvalue weighted by Crippen LogP contribution is 2.30. The second kappa shape index (κ2) is 6.37. The maximum Gasteiger partial charge on any atom is 0.242 e. The molecule has 2 saturated heterocycles. The van der Waals surface area contributed by atoms with Crippen molar-refractivity contribution in [1.29, 1.82) is 0 Å². The molecule has 5 heterocycles. The number of nitrogens with one attached hydrogen (secondary N) is 1. The van der Waals surface area contributed by atoms with E-state index in [0.29, 0.717) is 32.1 Å². The summed E-state index contributed by atoms with van der Waals surface area (Å²) in [6, 6.07) is 2.35. The van der Waals surface area contributed by atoms with Crippen LogP contribution in [0.4, 0.5) is 0 Å². The van der Waals surface area contributed by atoms with Crippen LogP contribution >= 0.6 is 0 Å². The average Bonchev–Trinajstić information content (AvgIpc) is 3.41. The summed E-state index contributed by atoms with van der Waals surface area (Å²) in [6.07, 6.45) is 8.81. The second-order valence-electron chi connectivity index (χ2n) is 7.41. The van der Waals surface area contributed by atoms with Crippen molar-refractivity contribution >= 4 is 33.9 Å². The van der Waals surface area contributed by atoms with Gasteiger partial charge in [0.1, 0.15) is 11.2 Å². The molecular formula is C19H22N6O2. The minimum absolute atomic E-state index is 0.0661. The van der Waals surface area contributed by atoms with Gasteiger partial charge in [0.15, 0.2) is 0 Å². The second-order valence-corrected chi connectivity index (χ2v) is 7.41. The van der Waals surface area contributed by atoms with E-state index in [1.807, 2.05) is 23.5 Å². The number of hydrogen-bond acceptors (Lipinski definition) is 4. The van der Waals surface area contributed by atoms with Gasteiger partial charge in [-0.25, -0.2) is 9.97 Å². The number of nitrogens with zero attached hydrogens (tertiary/aromatic N) is 5. The lowest BCUT2D eigenvalue weighted by Gasteiger charge is -2.33. The highest BCUT2D eigenvalue weighted by atomic mass is 16.2. The zero-order valence-corrected chi connectivity index (χ0v) is 15.1. The van der Waals surface area contributed by atoms with E-state index in [0.717, 1.165) is 41.3 Å². The van der Waals surface area contributed by atoms with Gasteiger partial charge in [-0.05, 0) is 25.3 Å². The number of likely N-dealkylation sites (tertiary alicyclic amines) is 2. The van der Waals surface area contributed by atoms with E-state index < -0.39 is 0 Å². The van der Waals surface area contributed by atoms with Gasteiger partial charge in [0.05, 0.1) is 24.6 Å². The van der Waals surface area contributed by atoms with Gasteiger partial charge in [-0.15, -0.1) is 0 Å². The van der Waals surface area contributed by atoms with Crippen molar-refractivity contribution in [2.24, 2.45) is 0 Å². The predicted octanol–water partition coefficient (Wildman–Crippen LogP) is 1.70. The van der Waals surface area contributed by atoms with Crippen LogP contribution in [-0.2, 0) is 9.59 Å². The number of fused-ring (bicyclic) bond motifs is 3. The molecule has 0 atom stereocenters. The summed E-state index contributed by atoms with van der Waals surface area (Å²) in [5, 5.41) is 1.08. The third kappa shape index (κ3) is 2.75. The Morgan fingerprint density at radius 3 is 2.85 bits per heavy atom. The summed E-state index contributed by atoms with van der Waals surface area (Å²) in [7, 11) is 0. The summed E-state index contributed by atoms with van der Waals surface area (Å²) in [5.74, 6) is 0.170. The standard InChI is InChI=1S/C19H22N6O2/c26-16-2-1-7-24(16)11-17(27)23-8-4-13(5-9-23)25-12-22-15-10-21-19-14(18(15)25)3-6-20-19/h3,6,10,12-13H,1-2,4-5,7-9,11H2,(H,20,21). The number of rotatable bonds is 3. The van der Waals surface area contributed by atoms with E-state index in [1.165, 1.54) is 0 Å². The Balaban J connectivity index is 1.31. The van der Waals surface area contributed by atoms with Gasteiger partial charge in [0.25, 0.3) is 0 Å². The summed E-state index contributed by atoms with van der Waals surface area (Å²) in [4.78, 5) is 39.9. The van der Waals surface area contributed by atoms with Crippen LogP contribution in [0.3, 0.4) is 0 Å². The number of pyridine rings is 1. The van der Waals surface area contributed by atoms with Gasteiger partial charge in [0, 0.05) is 43.7 Å². The molecule has 27 heavy (non-hydrogen) atoms. The van der Waals surface area contributed by atoms with Crippen LogP contribution in [0.5, 0.6) is 0 Å². The zero-order chi connectivity index (χ0) is 18.4. The Hall–Kier alpha value is -2.90. The van der Waals surface area contributed by atoms with Crippen LogP contribution in [-0.4, -0.2) is 67.3 Å². The molecule has 2 fully saturated rings. The van der Waals surface area contributed by atoms with Crippen molar-refractivity contribution < 1.29 is 9.59 Å². The monoisotopic (exact) mass is 366 g/mol. The third-order valence-electron chi connectivity index (χ3n) is 5.83. The zero-order valence-electron chi connectivity index (χ0n) is 15.1. The number of hydrogen-bond donors (Lipinski definition) is 1. The Bertz CT molecular complexity index is 1010. The van der Waals surface area contributed by atoms with Crippen molar-refractivity contribution in [1.82, 2.24) is 29.3 Å². The molecule has 2 aliphatic heterocycles. The molecule has 0 saturated carbocycles. The molecule has 2 aliphatic rings. The van der Waals surface area contributed by atoms with E-state index in [4.69, 9.17) is 0 Å². The molecular weight excluding hydrogens is 344 g/mol. The van der Waals surface area contributed by atoms with Crippen LogP contribution in [0.25, 0.3) is 22.1 Å². The fraction of sp³-hybridized carbons (Fsp3) is 0.474. The number of carbonyl (C=O) groups excluding carboxylic acids is 2. The number of imidazole rings is 1. The van der Waals surface area contributed by atoms with Crippen LogP contribution in [0.2, 0.25) is 0 Å². The van der Waals surface area contributed by atoms with Gasteiger partial charge in [0.2, 0.25) is 11.8 Å². The predicted molar refractivity (Wildman–Crippen MR) is 100 cm³/mol. The van der Waals surface area contributed by atoms with E-state index in [9.17, 15) is 9.59 Å². The Morgan fingerprint density at radius 2 is 2.07 bits per heavy atom. The first kappa shape index (κ1) is 16.3. The lowest BCUT2D eigenvalue weighted by molar-refractivity contribution is -0.139. The number of aromatic nitrogens is 4. The normalized spacial score (nSPS) is 18.9. The molecule has 0 radical (unpaired) electrons. The van der Waals surface area contributed by atoms with Crippen LogP contribution in [0, 0.1) is 0 Å². The molecule has 0 aliphatic carbocycles. The quantitative estimate of drug-likeness (QED) is 0.764. The van der Waals surface area contributed by atoms with E-state index in [1.54, 1.807) is 11.1 Å². The fourth-order valence-electron chi connectivity index (χ4n) is 4.34. The summed E-state index contributed by atoms with van der Waals surface area (Å²) in [6.45, 7) is 2.37. The maximum absolute atomic E-state index is 12.5. The van der Waals surface area contributed by atoms with Crippen molar-refractivity contribution in [3.8, 4) is 0 Å². The molecule has 0 unspecified atom stereocenters. The van der Waals surface area contributed by atoms with Gasteiger partial charge in [-0.1, -0.05) is 0 Å². The first-order chi connectivity index (χ1) is 13.2. The van der Waals surface area contributed by atoms with Gasteiger partial charge in [-0.2, -0.15) is 0 Å². The van der Waals surface area contributed by atoms with Crippen molar-refractivity contribution in [2.45, 2.75) is 31.7 Å². The van der Waals surface area contributed by atoms with E-state index >= 15 is 0 Å². The smallest absolute Gasteiger partial charge is 0.242 e. The highest BCUT2D eigenvalue weighted by Gasteiger charge is 2.28. The molecule has 0 spiro atoms. The van der Waals surface area contributed by atoms with E-state index in [-0.39, 0.29) is 18.4 Å². The summed E-state index contributed by atoms with van der Waals surface area (Å²) in [5.41, 5.74) is 2.87. The lowest BCUT2D eigenvalue weighted by Crippen LogP contribution is -2.44. The Labute approximate surface area is 156 Å². The number of aromatic amines is 1. The van der Waals surface area contributed by atoms with Crippen molar-refractivity contribution in [3.05, 3.63) is 24.8 Å². The molecule has 0 bridgehead atoms. The minimum atomic E-state index is 0.0661. The highest BCUT2D eigenvalue weighted by molar-refractivity contribution is 6.01. The SMILES string of the molecule is O=C(CN1CCCC1=O)N1CCC(n2cnc3cnc4[nH]ccc4c32)CC1. The molecule has 140 valence electrons. The number of piperidine rings is 1. The molecule has 3 aromatic heterocycles. The number of carbonyl (C=O) groups is 2. The first-order valence-electron chi connectivity index (χ1n) is 9.55. The first-order valence-corrected chi connectivity index (χ1v) is 9.55. The fourth-order valence-corrected chi connectivity index (χ4v) is 4.34. The van der Waals surface area contributed by atoms with Gasteiger partial charge < -0.3 is 19.4 Å². The minimum Gasteiger partial charge on any atom is -0.346 e. The largest absolute Gasteiger partial charge is 0.346 e. The number of amides is 2. The number of H-pyrrole nitrogens is 1. The molecule has 8 heteroatoms. The average molecular weight is 366 g/mol. The topological polar surface area (TPSA) is 87.1 Å². The molecule has 1 N–H and O–H groups in total. The van der Waals surface area contributed by atoms with Crippen LogP contribution in [0.1, 0.15) is 31.7 Å². The molecule has 8 nitrogen and oxygen atoms in total. The molecule has 2 amide bonds. The van der Waals surface area contributed by atoms with Crippen molar-refractivity contribution in [3.63, 3.8) is 0 Å². The Morgan fingerprint density at radius 1 is 1.22 bits per heavy atom. The maximum atomic E-state index is 12.5. The third-order valence-corrected chi connectivity index (χ3v) is 5.83. The van der Waals surface area contributed by atoms with Crippen LogP contribution < -0.4 is 0 Å². The van der Waals surface area contributed by atoms with Gasteiger partial charge >= 0.3 is 0 Å². The van der Waals surface area contributed by atoms with Gasteiger partial charge in [-0.3, -0.25) is 9.59 Å². The summed E-state index contributed by atoms with van der Waals surface area (Å²) < 4.78 is 2.24. The molecule has 5 rings (SSSR count).